The van der Waals surface area contributed by atoms with Gasteiger partial charge in [-0.1, -0.05) is 25.1 Å². The fourth-order valence-electron chi connectivity index (χ4n) is 2.46. The molecule has 1 heterocycles. The predicted molar refractivity (Wildman–Crippen MR) is 75.6 cm³/mol. The quantitative estimate of drug-likeness (QED) is 0.907. The fraction of sp³-hybridized carbons (Fsp3) is 0.312. The highest BCUT2D eigenvalue weighted by Crippen LogP contribution is 2.27. The summed E-state index contributed by atoms with van der Waals surface area (Å²) in [7, 11) is 0. The normalized spacial score (nSPS) is 12.4. The van der Waals surface area contributed by atoms with Crippen molar-refractivity contribution in [2.24, 2.45) is 0 Å². The number of halogens is 1. The lowest BCUT2D eigenvalue weighted by molar-refractivity contribution is 0.593. The van der Waals surface area contributed by atoms with Crippen molar-refractivity contribution in [2.45, 2.75) is 26.8 Å². The zero-order valence-corrected chi connectivity index (χ0v) is 11.6. The first-order valence-corrected chi connectivity index (χ1v) is 6.53. The van der Waals surface area contributed by atoms with Gasteiger partial charge < -0.3 is 5.32 Å². The lowest BCUT2D eigenvalue weighted by atomic mass is 9.92. The van der Waals surface area contributed by atoms with Gasteiger partial charge in [-0.2, -0.15) is 0 Å². The van der Waals surface area contributed by atoms with E-state index < -0.39 is 0 Å². The molecule has 0 bridgehead atoms. The van der Waals surface area contributed by atoms with Crippen LogP contribution in [0.15, 0.2) is 36.7 Å². The molecule has 100 valence electrons. The summed E-state index contributed by atoms with van der Waals surface area (Å²) in [6.45, 7) is 7.03. The molecular weight excluding hydrogens is 239 g/mol. The number of pyridine rings is 1. The van der Waals surface area contributed by atoms with Crippen LogP contribution in [-0.2, 0) is 0 Å². The highest BCUT2D eigenvalue weighted by molar-refractivity contribution is 5.41. The minimum atomic E-state index is -0.299. The molecule has 0 saturated heterocycles. The third kappa shape index (κ3) is 2.99. The van der Waals surface area contributed by atoms with Crippen molar-refractivity contribution >= 4 is 0 Å². The first kappa shape index (κ1) is 13.7. The van der Waals surface area contributed by atoms with Crippen LogP contribution >= 0.6 is 0 Å². The second kappa shape index (κ2) is 5.93. The average Bonchev–Trinajstić information content (AvgIpc) is 2.37. The highest BCUT2D eigenvalue weighted by atomic mass is 19.1. The van der Waals surface area contributed by atoms with Crippen molar-refractivity contribution < 1.29 is 4.39 Å². The van der Waals surface area contributed by atoms with E-state index in [1.807, 2.05) is 13.0 Å². The molecule has 2 aromatic rings. The van der Waals surface area contributed by atoms with Crippen LogP contribution in [0.2, 0.25) is 0 Å². The standard InChI is InChI=1S/C16H19FN2/c1-4-19-16(13-8-14(17)10-18-9-13)15-11(2)6-5-7-12(15)3/h5-10,16,19H,4H2,1-3H3. The van der Waals surface area contributed by atoms with Gasteiger partial charge in [-0.05, 0) is 48.7 Å². The van der Waals surface area contributed by atoms with Crippen molar-refractivity contribution in [3.05, 3.63) is 64.7 Å². The number of hydrogen-bond donors (Lipinski definition) is 1. The Morgan fingerprint density at radius 3 is 2.47 bits per heavy atom. The number of aromatic nitrogens is 1. The van der Waals surface area contributed by atoms with E-state index in [0.29, 0.717) is 0 Å². The van der Waals surface area contributed by atoms with E-state index in [-0.39, 0.29) is 11.9 Å². The third-order valence-electron chi connectivity index (χ3n) is 3.30. The summed E-state index contributed by atoms with van der Waals surface area (Å²) in [6, 6.07) is 7.74. The molecule has 3 heteroatoms. The maximum Gasteiger partial charge on any atom is 0.141 e. The largest absolute Gasteiger partial charge is 0.306 e. The van der Waals surface area contributed by atoms with Crippen LogP contribution in [0.1, 0.15) is 35.2 Å². The lowest BCUT2D eigenvalue weighted by Crippen LogP contribution is -2.24. The number of hydrogen-bond acceptors (Lipinski definition) is 2. The van der Waals surface area contributed by atoms with Crippen LogP contribution in [0.25, 0.3) is 0 Å². The Bertz CT molecular complexity index is 546. The van der Waals surface area contributed by atoms with Gasteiger partial charge in [0, 0.05) is 6.20 Å². The number of benzene rings is 1. The summed E-state index contributed by atoms with van der Waals surface area (Å²) in [6.07, 6.45) is 2.96. The fourth-order valence-corrected chi connectivity index (χ4v) is 2.46. The van der Waals surface area contributed by atoms with Crippen LogP contribution in [0.4, 0.5) is 4.39 Å². The van der Waals surface area contributed by atoms with Crippen molar-refractivity contribution in [1.29, 1.82) is 0 Å². The van der Waals surface area contributed by atoms with E-state index in [1.54, 1.807) is 12.3 Å². The number of rotatable bonds is 4. The molecule has 1 unspecified atom stereocenters. The van der Waals surface area contributed by atoms with Gasteiger partial charge in [-0.15, -0.1) is 0 Å². The molecule has 0 aliphatic heterocycles. The molecule has 1 aromatic heterocycles. The maximum atomic E-state index is 13.4. The van der Waals surface area contributed by atoms with Crippen molar-refractivity contribution in [3.63, 3.8) is 0 Å². The average molecular weight is 258 g/mol. The molecule has 2 nitrogen and oxygen atoms in total. The highest BCUT2D eigenvalue weighted by Gasteiger charge is 2.17. The van der Waals surface area contributed by atoms with Gasteiger partial charge in [-0.25, -0.2) is 4.39 Å². The third-order valence-corrected chi connectivity index (χ3v) is 3.30. The van der Waals surface area contributed by atoms with E-state index in [4.69, 9.17) is 0 Å². The van der Waals surface area contributed by atoms with Gasteiger partial charge >= 0.3 is 0 Å². The molecule has 19 heavy (non-hydrogen) atoms. The van der Waals surface area contributed by atoms with Crippen LogP contribution < -0.4 is 5.32 Å². The van der Waals surface area contributed by atoms with Gasteiger partial charge in [-0.3, -0.25) is 4.98 Å². The van der Waals surface area contributed by atoms with Crippen LogP contribution in [0, 0.1) is 19.7 Å². The molecule has 0 amide bonds. The molecule has 0 spiro atoms. The lowest BCUT2D eigenvalue weighted by Gasteiger charge is -2.22. The predicted octanol–water partition coefficient (Wildman–Crippen LogP) is 3.54. The monoisotopic (exact) mass is 258 g/mol. The molecule has 0 aliphatic rings. The Morgan fingerprint density at radius 1 is 1.21 bits per heavy atom. The molecule has 1 atom stereocenters. The van der Waals surface area contributed by atoms with E-state index >= 15 is 0 Å². The first-order valence-electron chi connectivity index (χ1n) is 6.53. The molecule has 0 radical (unpaired) electrons. The van der Waals surface area contributed by atoms with Crippen LogP contribution in [0.5, 0.6) is 0 Å². The van der Waals surface area contributed by atoms with E-state index in [2.05, 4.69) is 36.3 Å². The summed E-state index contributed by atoms with van der Waals surface area (Å²) in [5.41, 5.74) is 4.47. The van der Waals surface area contributed by atoms with E-state index in [0.717, 1.165) is 12.1 Å². The minimum absolute atomic E-state index is 0.0191. The molecule has 0 aliphatic carbocycles. The smallest absolute Gasteiger partial charge is 0.141 e. The SMILES string of the molecule is CCNC(c1cncc(F)c1)c1c(C)cccc1C. The minimum Gasteiger partial charge on any atom is -0.306 e. The number of nitrogens with one attached hydrogen (secondary N) is 1. The molecule has 1 aromatic carbocycles. The summed E-state index contributed by atoms with van der Waals surface area (Å²) < 4.78 is 13.4. The molecular formula is C16H19FN2. The second-order valence-electron chi connectivity index (χ2n) is 4.73. The summed E-state index contributed by atoms with van der Waals surface area (Å²) >= 11 is 0. The Labute approximate surface area is 113 Å². The van der Waals surface area contributed by atoms with Crippen molar-refractivity contribution in [1.82, 2.24) is 10.3 Å². The summed E-state index contributed by atoms with van der Waals surface area (Å²) in [5.74, 6) is -0.299. The summed E-state index contributed by atoms with van der Waals surface area (Å²) in [5, 5.41) is 3.42. The molecule has 1 N–H and O–H groups in total. The van der Waals surface area contributed by atoms with Crippen molar-refractivity contribution in [3.8, 4) is 0 Å². The number of nitrogens with zero attached hydrogens (tertiary/aromatic N) is 1. The first-order chi connectivity index (χ1) is 9.13. The molecule has 0 fully saturated rings. The van der Waals surface area contributed by atoms with Gasteiger partial charge in [0.15, 0.2) is 0 Å². The van der Waals surface area contributed by atoms with Gasteiger partial charge in [0.25, 0.3) is 0 Å². The Balaban J connectivity index is 2.51. The van der Waals surface area contributed by atoms with E-state index in [1.165, 1.54) is 22.9 Å². The van der Waals surface area contributed by atoms with E-state index in [9.17, 15) is 4.39 Å². The zero-order chi connectivity index (χ0) is 13.8. The maximum absolute atomic E-state index is 13.4. The molecule has 0 saturated carbocycles. The number of aryl methyl sites for hydroxylation is 2. The Hall–Kier alpha value is -1.74. The molecule has 2 rings (SSSR count). The second-order valence-corrected chi connectivity index (χ2v) is 4.73. The topological polar surface area (TPSA) is 24.9 Å². The summed E-state index contributed by atoms with van der Waals surface area (Å²) in [4.78, 5) is 3.96. The zero-order valence-electron chi connectivity index (χ0n) is 11.6. The Kier molecular flexibility index (Phi) is 4.27. The van der Waals surface area contributed by atoms with Gasteiger partial charge in [0.1, 0.15) is 5.82 Å². The van der Waals surface area contributed by atoms with Crippen LogP contribution in [-0.4, -0.2) is 11.5 Å². The van der Waals surface area contributed by atoms with Crippen LogP contribution in [0.3, 0.4) is 0 Å². The Morgan fingerprint density at radius 2 is 1.89 bits per heavy atom. The van der Waals surface area contributed by atoms with Crippen molar-refractivity contribution in [2.75, 3.05) is 6.54 Å². The van der Waals surface area contributed by atoms with Gasteiger partial charge in [0.05, 0.1) is 12.2 Å². The van der Waals surface area contributed by atoms with Gasteiger partial charge in [0.2, 0.25) is 0 Å².